The monoisotopic (exact) mass is 388 g/mol. The van der Waals surface area contributed by atoms with Gasteiger partial charge in [0, 0.05) is 6.07 Å². The van der Waals surface area contributed by atoms with Crippen molar-refractivity contribution in [2.24, 2.45) is 0 Å². The number of ether oxygens (including phenoxy) is 3. The molecule has 0 radical (unpaired) electrons. The lowest BCUT2D eigenvalue weighted by Gasteiger charge is -2.10. The van der Waals surface area contributed by atoms with Crippen LogP contribution in [0.4, 0.5) is 11.4 Å². The molecule has 2 rings (SSSR count). The maximum Gasteiger partial charge on any atom is 0.309 e. The van der Waals surface area contributed by atoms with Gasteiger partial charge in [-0.2, -0.15) is 0 Å². The van der Waals surface area contributed by atoms with E-state index in [1.807, 2.05) is 0 Å². The van der Waals surface area contributed by atoms with Crippen LogP contribution in [0.2, 0.25) is 0 Å². The molecule has 2 aromatic carbocycles. The molecular formula is C19H20N2O7. The fraction of sp³-hybridized carbons (Fsp3) is 0.263. The highest BCUT2D eigenvalue weighted by Gasteiger charge is 2.17. The molecule has 28 heavy (non-hydrogen) atoms. The van der Waals surface area contributed by atoms with Crippen molar-refractivity contribution in [2.45, 2.75) is 13.3 Å². The molecule has 0 aliphatic carbocycles. The van der Waals surface area contributed by atoms with Crippen molar-refractivity contribution in [3.05, 3.63) is 58.1 Å². The molecule has 1 amide bonds. The molecule has 0 saturated heterocycles. The van der Waals surface area contributed by atoms with E-state index in [-0.39, 0.29) is 24.4 Å². The zero-order valence-corrected chi connectivity index (χ0v) is 15.5. The molecule has 9 nitrogen and oxygen atoms in total. The molecule has 0 aliphatic rings. The summed E-state index contributed by atoms with van der Waals surface area (Å²) < 4.78 is 15.4. The van der Waals surface area contributed by atoms with Gasteiger partial charge in [0.25, 0.3) is 11.6 Å². The second-order valence-corrected chi connectivity index (χ2v) is 5.74. The Morgan fingerprint density at radius 2 is 1.86 bits per heavy atom. The minimum absolute atomic E-state index is 0.0381. The highest BCUT2D eigenvalue weighted by atomic mass is 16.6. The summed E-state index contributed by atoms with van der Waals surface area (Å²) >= 11 is 0. The highest BCUT2D eigenvalue weighted by molar-refractivity contribution is 5.94. The van der Waals surface area contributed by atoms with Crippen molar-refractivity contribution in [3.8, 4) is 11.5 Å². The summed E-state index contributed by atoms with van der Waals surface area (Å²) in [5.74, 6) is -0.286. The number of rotatable bonds is 9. The summed E-state index contributed by atoms with van der Waals surface area (Å²) in [4.78, 5) is 34.1. The first-order valence-corrected chi connectivity index (χ1v) is 8.37. The SMILES string of the molecule is COc1ccccc1OCCC(=O)OCC(=O)Nc1ccc(C)cc1[N+](=O)[O-]. The Bertz CT molecular complexity index is 867. The first-order chi connectivity index (χ1) is 13.4. The van der Waals surface area contributed by atoms with Crippen LogP contribution in [0.3, 0.4) is 0 Å². The maximum atomic E-state index is 11.9. The number of carbonyl (C=O) groups excluding carboxylic acids is 2. The molecule has 1 N–H and O–H groups in total. The summed E-state index contributed by atoms with van der Waals surface area (Å²) in [6.45, 7) is 1.19. The van der Waals surface area contributed by atoms with E-state index in [0.29, 0.717) is 17.1 Å². The van der Waals surface area contributed by atoms with Crippen LogP contribution in [-0.4, -0.2) is 37.1 Å². The first kappa shape index (κ1) is 20.7. The minimum Gasteiger partial charge on any atom is -0.493 e. The minimum atomic E-state index is -0.675. The molecule has 0 fully saturated rings. The van der Waals surface area contributed by atoms with Gasteiger partial charge < -0.3 is 19.5 Å². The van der Waals surface area contributed by atoms with E-state index < -0.39 is 23.4 Å². The van der Waals surface area contributed by atoms with Crippen LogP contribution >= 0.6 is 0 Å². The lowest BCUT2D eigenvalue weighted by atomic mass is 10.2. The number of benzene rings is 2. The fourth-order valence-corrected chi connectivity index (χ4v) is 2.29. The molecule has 0 aliphatic heterocycles. The number of carbonyl (C=O) groups is 2. The van der Waals surface area contributed by atoms with Gasteiger partial charge in [-0.1, -0.05) is 18.2 Å². The Morgan fingerprint density at radius 1 is 1.14 bits per heavy atom. The van der Waals surface area contributed by atoms with Gasteiger partial charge in [0.15, 0.2) is 18.1 Å². The van der Waals surface area contributed by atoms with E-state index in [1.54, 1.807) is 37.3 Å². The van der Waals surface area contributed by atoms with Crippen molar-refractivity contribution in [2.75, 3.05) is 25.6 Å². The van der Waals surface area contributed by atoms with E-state index in [4.69, 9.17) is 14.2 Å². The number of nitrogens with one attached hydrogen (secondary N) is 1. The third-order valence-electron chi connectivity index (χ3n) is 3.62. The molecule has 0 heterocycles. The first-order valence-electron chi connectivity index (χ1n) is 8.37. The summed E-state index contributed by atoms with van der Waals surface area (Å²) in [7, 11) is 1.51. The quantitative estimate of drug-likeness (QED) is 0.399. The number of nitro benzene ring substituents is 1. The predicted octanol–water partition coefficient (Wildman–Crippen LogP) is 2.86. The molecule has 0 bridgehead atoms. The average Bonchev–Trinajstić information content (AvgIpc) is 2.68. The van der Waals surface area contributed by atoms with E-state index in [2.05, 4.69) is 5.32 Å². The molecule has 0 saturated carbocycles. The second kappa shape index (κ2) is 9.91. The van der Waals surface area contributed by atoms with Gasteiger partial charge >= 0.3 is 5.97 Å². The number of aryl methyl sites for hydroxylation is 1. The lowest BCUT2D eigenvalue weighted by Crippen LogP contribution is -2.22. The van der Waals surface area contributed by atoms with Crippen molar-refractivity contribution in [3.63, 3.8) is 0 Å². The number of nitro groups is 1. The topological polar surface area (TPSA) is 117 Å². The number of methoxy groups -OCH3 is 1. The molecule has 0 unspecified atom stereocenters. The molecular weight excluding hydrogens is 368 g/mol. The predicted molar refractivity (Wildman–Crippen MR) is 101 cm³/mol. The largest absolute Gasteiger partial charge is 0.493 e. The third-order valence-corrected chi connectivity index (χ3v) is 3.62. The summed E-state index contributed by atoms with van der Waals surface area (Å²) in [5.41, 5.74) is 0.493. The van der Waals surface area contributed by atoms with Crippen LogP contribution in [0.1, 0.15) is 12.0 Å². The van der Waals surface area contributed by atoms with Crippen LogP contribution in [-0.2, 0) is 14.3 Å². The fourth-order valence-electron chi connectivity index (χ4n) is 2.29. The van der Waals surface area contributed by atoms with Gasteiger partial charge in [-0.15, -0.1) is 0 Å². The number of amides is 1. The van der Waals surface area contributed by atoms with E-state index in [0.717, 1.165) is 0 Å². The van der Waals surface area contributed by atoms with Gasteiger partial charge in [-0.05, 0) is 30.7 Å². The van der Waals surface area contributed by atoms with Crippen LogP contribution in [0, 0.1) is 17.0 Å². The Kier molecular flexibility index (Phi) is 7.32. The standard InChI is InChI=1S/C19H20N2O7/c1-13-7-8-14(15(11-13)21(24)25)20-18(22)12-28-19(23)9-10-27-17-6-4-3-5-16(17)26-2/h3-8,11H,9-10,12H2,1-2H3,(H,20,22). The lowest BCUT2D eigenvalue weighted by molar-refractivity contribution is -0.384. The van der Waals surface area contributed by atoms with Crippen LogP contribution in [0.25, 0.3) is 0 Å². The summed E-state index contributed by atoms with van der Waals surface area (Å²) in [6.07, 6.45) is -0.0734. The van der Waals surface area contributed by atoms with Crippen molar-refractivity contribution < 1.29 is 28.7 Å². The van der Waals surface area contributed by atoms with Crippen molar-refractivity contribution in [1.29, 1.82) is 0 Å². The number of anilines is 1. The number of nitrogens with zero attached hydrogens (tertiary/aromatic N) is 1. The van der Waals surface area contributed by atoms with Gasteiger partial charge in [0.1, 0.15) is 5.69 Å². The van der Waals surface area contributed by atoms with E-state index in [9.17, 15) is 19.7 Å². The second-order valence-electron chi connectivity index (χ2n) is 5.74. The number of hydrogen-bond acceptors (Lipinski definition) is 7. The molecule has 9 heteroatoms. The summed E-state index contributed by atoms with van der Waals surface area (Å²) in [5, 5.41) is 13.4. The Balaban J connectivity index is 1.78. The molecule has 0 spiro atoms. The Labute approximate surface area is 161 Å². The summed E-state index contributed by atoms with van der Waals surface area (Å²) in [6, 6.07) is 11.4. The van der Waals surface area contributed by atoms with Gasteiger partial charge in [0.05, 0.1) is 25.1 Å². The van der Waals surface area contributed by atoms with Crippen LogP contribution in [0.15, 0.2) is 42.5 Å². The zero-order valence-electron chi connectivity index (χ0n) is 15.5. The van der Waals surface area contributed by atoms with E-state index >= 15 is 0 Å². The van der Waals surface area contributed by atoms with Crippen LogP contribution in [0.5, 0.6) is 11.5 Å². The van der Waals surface area contributed by atoms with E-state index in [1.165, 1.54) is 19.2 Å². The van der Waals surface area contributed by atoms with Gasteiger partial charge in [0.2, 0.25) is 0 Å². The average molecular weight is 388 g/mol. The maximum absolute atomic E-state index is 11.9. The van der Waals surface area contributed by atoms with Crippen molar-refractivity contribution >= 4 is 23.3 Å². The van der Waals surface area contributed by atoms with Gasteiger partial charge in [-0.25, -0.2) is 0 Å². The molecule has 0 aromatic heterocycles. The Hall–Kier alpha value is -3.62. The molecule has 0 atom stereocenters. The molecule has 2 aromatic rings. The highest BCUT2D eigenvalue weighted by Crippen LogP contribution is 2.26. The van der Waals surface area contributed by atoms with Crippen LogP contribution < -0.4 is 14.8 Å². The van der Waals surface area contributed by atoms with Gasteiger partial charge in [-0.3, -0.25) is 19.7 Å². The number of para-hydroxylation sites is 2. The zero-order chi connectivity index (χ0) is 20.5. The third kappa shape index (κ3) is 5.97. The number of esters is 1. The smallest absolute Gasteiger partial charge is 0.309 e. The molecule has 148 valence electrons. The number of hydrogen-bond donors (Lipinski definition) is 1. The van der Waals surface area contributed by atoms with Crippen molar-refractivity contribution in [1.82, 2.24) is 0 Å². The Morgan fingerprint density at radius 3 is 2.54 bits per heavy atom. The normalized spacial score (nSPS) is 10.1.